The van der Waals surface area contributed by atoms with Gasteiger partial charge < -0.3 is 14.2 Å². The average Bonchev–Trinajstić information content (AvgIpc) is 2.75. The van der Waals surface area contributed by atoms with Crippen LogP contribution in [0.5, 0.6) is 0 Å². The third kappa shape index (κ3) is 3.99. The summed E-state index contributed by atoms with van der Waals surface area (Å²) in [5.74, 6) is -0.502. The van der Waals surface area contributed by atoms with Crippen molar-refractivity contribution in [2.75, 3.05) is 24.2 Å². The summed E-state index contributed by atoms with van der Waals surface area (Å²) in [6, 6.07) is 0.0910. The number of ketones is 1. The number of aldehydes is 1. The molecule has 0 radical (unpaired) electrons. The normalized spacial score (nSPS) is 10.0. The first-order chi connectivity index (χ1) is 8.04. The van der Waals surface area contributed by atoms with Crippen molar-refractivity contribution < 1.29 is 18.9 Å². The van der Waals surface area contributed by atoms with Gasteiger partial charge in [0, 0.05) is 14.0 Å². The van der Waals surface area contributed by atoms with Gasteiger partial charge in [0.05, 0.1) is 12.3 Å². The van der Waals surface area contributed by atoms with E-state index < -0.39 is 0 Å². The first-order valence-corrected chi connectivity index (χ1v) is 5.68. The molecule has 0 spiro atoms. The topological polar surface area (TPSA) is 93.4 Å². The lowest BCUT2D eigenvalue weighted by molar-refractivity contribution is -0.109. The van der Waals surface area contributed by atoms with Crippen molar-refractivity contribution in [2.45, 2.75) is 6.92 Å². The Balaban J connectivity index is 2.63. The van der Waals surface area contributed by atoms with Gasteiger partial charge in [0.25, 0.3) is 0 Å². The number of likely N-dealkylation sites (N-methyl/N-ethyl adjacent to an activating group) is 1. The van der Waals surface area contributed by atoms with E-state index in [0.717, 1.165) is 11.8 Å². The van der Waals surface area contributed by atoms with E-state index in [1.165, 1.54) is 11.8 Å². The van der Waals surface area contributed by atoms with E-state index in [0.29, 0.717) is 6.29 Å². The maximum atomic E-state index is 11.5. The summed E-state index contributed by atoms with van der Waals surface area (Å²) >= 11 is 0.882. The summed E-state index contributed by atoms with van der Waals surface area (Å²) in [7, 11) is 1.58. The molecule has 1 rings (SSSR count). The van der Waals surface area contributed by atoms with Crippen LogP contribution >= 0.6 is 11.8 Å². The number of nitrogens with zero attached hydrogens (tertiary/aromatic N) is 3. The fourth-order valence-corrected chi connectivity index (χ4v) is 1.37. The van der Waals surface area contributed by atoms with Crippen LogP contribution in [0.25, 0.3) is 0 Å². The third-order valence-electron chi connectivity index (χ3n) is 1.75. The van der Waals surface area contributed by atoms with Gasteiger partial charge in [0.15, 0.2) is 5.12 Å². The second-order valence-electron chi connectivity index (χ2n) is 3.15. The molecule has 0 bridgehead atoms. The molecule has 1 aromatic rings. The van der Waals surface area contributed by atoms with Gasteiger partial charge >= 0.3 is 6.01 Å². The Hall–Kier alpha value is -1.70. The molecule has 1 aromatic heterocycles. The minimum absolute atomic E-state index is 0.0221. The zero-order valence-electron chi connectivity index (χ0n) is 9.37. The molecule has 0 aromatic carbocycles. The molecule has 0 unspecified atom stereocenters. The Morgan fingerprint density at radius 2 is 2.24 bits per heavy atom. The molecule has 0 fully saturated rings. The molecule has 0 saturated carbocycles. The molecule has 17 heavy (non-hydrogen) atoms. The number of hydrogen-bond donors (Lipinski definition) is 0. The fraction of sp³-hybridized carbons (Fsp3) is 0.444. The monoisotopic (exact) mass is 257 g/mol. The smallest absolute Gasteiger partial charge is 0.320 e. The molecule has 0 atom stereocenters. The lowest BCUT2D eigenvalue weighted by Crippen LogP contribution is -2.19. The second kappa shape index (κ2) is 6.14. The van der Waals surface area contributed by atoms with Gasteiger partial charge in [-0.2, -0.15) is 4.98 Å². The van der Waals surface area contributed by atoms with E-state index >= 15 is 0 Å². The largest absolute Gasteiger partial charge is 0.324 e. The molecule has 92 valence electrons. The summed E-state index contributed by atoms with van der Waals surface area (Å²) in [5, 5.41) is 3.33. The summed E-state index contributed by atoms with van der Waals surface area (Å²) in [4.78, 5) is 37.7. The van der Waals surface area contributed by atoms with Crippen LogP contribution in [0, 0.1) is 0 Å². The second-order valence-corrected chi connectivity index (χ2v) is 4.30. The average molecular weight is 257 g/mol. The van der Waals surface area contributed by atoms with Crippen LogP contribution in [0.2, 0.25) is 0 Å². The zero-order valence-corrected chi connectivity index (χ0v) is 10.2. The first-order valence-electron chi connectivity index (χ1n) is 4.69. The highest BCUT2D eigenvalue weighted by molar-refractivity contribution is 8.14. The zero-order chi connectivity index (χ0) is 12.8. The summed E-state index contributed by atoms with van der Waals surface area (Å²) in [6.45, 7) is 1.47. The first kappa shape index (κ1) is 13.4. The minimum Gasteiger partial charge on any atom is -0.320 e. The SMILES string of the molecule is CC(=O)SCC(=O)c1noc(N(C)CC=O)n1. The maximum Gasteiger partial charge on any atom is 0.324 e. The van der Waals surface area contributed by atoms with E-state index in [1.54, 1.807) is 7.05 Å². The molecule has 7 nitrogen and oxygen atoms in total. The predicted octanol–water partition coefficient (Wildman–Crippen LogP) is 0.167. The van der Waals surface area contributed by atoms with E-state index in [1.807, 2.05) is 0 Å². The van der Waals surface area contributed by atoms with E-state index in [4.69, 9.17) is 4.52 Å². The highest BCUT2D eigenvalue weighted by Gasteiger charge is 2.17. The Kier molecular flexibility index (Phi) is 4.83. The van der Waals surface area contributed by atoms with Crippen molar-refractivity contribution in [1.82, 2.24) is 10.1 Å². The predicted molar refractivity (Wildman–Crippen MR) is 61.1 cm³/mol. The number of carbonyl (C=O) groups excluding carboxylic acids is 3. The lowest BCUT2D eigenvalue weighted by atomic mass is 10.4. The number of anilines is 1. The number of thioether (sulfide) groups is 1. The number of aromatic nitrogens is 2. The number of hydrogen-bond acceptors (Lipinski definition) is 8. The molecular weight excluding hydrogens is 246 g/mol. The van der Waals surface area contributed by atoms with Gasteiger partial charge in [-0.05, 0) is 0 Å². The van der Waals surface area contributed by atoms with Crippen LogP contribution in [0.3, 0.4) is 0 Å². The van der Waals surface area contributed by atoms with Crippen LogP contribution in [0.4, 0.5) is 6.01 Å². The van der Waals surface area contributed by atoms with Crippen molar-refractivity contribution in [1.29, 1.82) is 0 Å². The van der Waals surface area contributed by atoms with Gasteiger partial charge in [-0.3, -0.25) is 9.59 Å². The highest BCUT2D eigenvalue weighted by Crippen LogP contribution is 2.10. The van der Waals surface area contributed by atoms with E-state index in [-0.39, 0.29) is 35.0 Å². The van der Waals surface area contributed by atoms with Crippen LogP contribution in [0.15, 0.2) is 4.52 Å². The van der Waals surface area contributed by atoms with Crippen molar-refractivity contribution in [3.05, 3.63) is 5.82 Å². The van der Waals surface area contributed by atoms with Gasteiger partial charge in [0.2, 0.25) is 11.6 Å². The fourth-order valence-electron chi connectivity index (χ4n) is 0.905. The molecule has 1 heterocycles. The Bertz CT molecular complexity index is 432. The van der Waals surface area contributed by atoms with Gasteiger partial charge in [-0.1, -0.05) is 16.9 Å². The van der Waals surface area contributed by atoms with Gasteiger partial charge in [-0.15, -0.1) is 0 Å². The molecular formula is C9H11N3O4S. The quantitative estimate of drug-likeness (QED) is 0.525. The Labute approximate surface area is 102 Å². The Morgan fingerprint density at radius 1 is 1.53 bits per heavy atom. The minimum atomic E-state index is -0.389. The van der Waals surface area contributed by atoms with Crippen molar-refractivity contribution in [3.8, 4) is 0 Å². The maximum absolute atomic E-state index is 11.5. The number of Topliss-reactive ketones (excluding diaryl/α,β-unsaturated/α-hetero) is 1. The molecule has 0 aliphatic rings. The van der Waals surface area contributed by atoms with Crippen molar-refractivity contribution in [2.24, 2.45) is 0 Å². The number of rotatable bonds is 6. The van der Waals surface area contributed by atoms with Crippen molar-refractivity contribution >= 4 is 35.0 Å². The molecule has 8 heteroatoms. The third-order valence-corrected chi connectivity index (χ3v) is 2.56. The van der Waals surface area contributed by atoms with Crippen LogP contribution < -0.4 is 4.90 Å². The molecule has 0 saturated heterocycles. The van der Waals surface area contributed by atoms with Crippen LogP contribution in [-0.2, 0) is 9.59 Å². The molecule has 0 aliphatic heterocycles. The van der Waals surface area contributed by atoms with Gasteiger partial charge in [-0.25, -0.2) is 0 Å². The van der Waals surface area contributed by atoms with E-state index in [2.05, 4.69) is 10.1 Å². The highest BCUT2D eigenvalue weighted by atomic mass is 32.2. The number of carbonyl (C=O) groups is 3. The molecule has 0 N–H and O–H groups in total. The van der Waals surface area contributed by atoms with Crippen LogP contribution in [-0.4, -0.2) is 46.7 Å². The lowest BCUT2D eigenvalue weighted by Gasteiger charge is -2.07. The van der Waals surface area contributed by atoms with Gasteiger partial charge in [0.1, 0.15) is 6.29 Å². The van der Waals surface area contributed by atoms with Crippen LogP contribution in [0.1, 0.15) is 17.5 Å². The standard InChI is InChI=1S/C9H11N3O4S/c1-6(14)17-5-7(15)8-10-9(16-11-8)12(2)3-4-13/h4H,3,5H2,1-2H3. The molecule has 0 amide bonds. The summed E-state index contributed by atoms with van der Waals surface area (Å²) in [6.07, 6.45) is 0.678. The van der Waals surface area contributed by atoms with E-state index in [9.17, 15) is 14.4 Å². The Morgan fingerprint density at radius 3 is 2.82 bits per heavy atom. The summed E-state index contributed by atoms with van der Waals surface area (Å²) < 4.78 is 4.80. The van der Waals surface area contributed by atoms with Crippen molar-refractivity contribution in [3.63, 3.8) is 0 Å². The molecule has 0 aliphatic carbocycles. The summed E-state index contributed by atoms with van der Waals surface area (Å²) in [5.41, 5.74) is 0.